The second-order valence-corrected chi connectivity index (χ2v) is 7.46. The lowest BCUT2D eigenvalue weighted by Gasteiger charge is -2.29. The second kappa shape index (κ2) is 6.02. The van der Waals surface area contributed by atoms with E-state index in [1.54, 1.807) is 6.07 Å². The Morgan fingerprint density at radius 1 is 0.931 bits per heavy atom. The van der Waals surface area contributed by atoms with Crippen molar-refractivity contribution in [3.8, 4) is 12.1 Å². The van der Waals surface area contributed by atoms with Gasteiger partial charge < -0.3 is 14.2 Å². The maximum Gasteiger partial charge on any atom is 0.137 e. The Labute approximate surface area is 168 Å². The van der Waals surface area contributed by atoms with E-state index >= 15 is 0 Å². The van der Waals surface area contributed by atoms with Crippen molar-refractivity contribution in [3.63, 3.8) is 0 Å². The number of anilines is 3. The van der Waals surface area contributed by atoms with Gasteiger partial charge in [0.2, 0.25) is 0 Å². The molecule has 0 bridgehead atoms. The highest BCUT2D eigenvalue weighted by Crippen LogP contribution is 2.47. The molecule has 0 unspecified atom stereocenters. The number of hydrogen-bond acceptors (Lipinski definition) is 5. The number of furan rings is 1. The van der Waals surface area contributed by atoms with Gasteiger partial charge in [-0.05, 0) is 43.7 Å². The van der Waals surface area contributed by atoms with Crippen LogP contribution in [0.15, 0.2) is 52.9 Å². The average molecular weight is 378 g/mol. The van der Waals surface area contributed by atoms with Crippen LogP contribution in [0.3, 0.4) is 0 Å². The van der Waals surface area contributed by atoms with E-state index in [4.69, 9.17) is 4.42 Å². The minimum atomic E-state index is -0.00780. The Kier molecular flexibility index (Phi) is 3.56. The summed E-state index contributed by atoms with van der Waals surface area (Å²) in [4.78, 5) is 4.26. The first-order valence-corrected chi connectivity index (χ1v) is 9.45. The molecule has 140 valence electrons. The topological polar surface area (TPSA) is 67.2 Å². The van der Waals surface area contributed by atoms with E-state index in [0.717, 1.165) is 44.6 Å². The normalized spacial score (nSPS) is 15.6. The number of hydrogen-bond donors (Lipinski definition) is 0. The third-order valence-electron chi connectivity index (χ3n) is 5.84. The van der Waals surface area contributed by atoms with Crippen LogP contribution in [0.4, 0.5) is 17.1 Å². The molecule has 1 aromatic heterocycles. The van der Waals surface area contributed by atoms with E-state index in [2.05, 4.69) is 54.0 Å². The zero-order valence-corrected chi connectivity index (χ0v) is 16.4. The number of benzene rings is 3. The van der Waals surface area contributed by atoms with Crippen LogP contribution in [-0.4, -0.2) is 13.2 Å². The number of para-hydroxylation sites is 1. The molecular weight excluding hydrogens is 360 g/mol. The molecule has 5 heteroatoms. The molecule has 29 heavy (non-hydrogen) atoms. The van der Waals surface area contributed by atoms with Crippen LogP contribution >= 0.6 is 0 Å². The number of nitrogens with zero attached hydrogens (tertiary/aromatic N) is 4. The summed E-state index contributed by atoms with van der Waals surface area (Å²) in [7, 11) is 1.98. The maximum atomic E-state index is 9.64. The zero-order chi connectivity index (χ0) is 20.3. The number of fused-ring (bicyclic) bond motifs is 4. The molecule has 0 saturated carbocycles. The first kappa shape index (κ1) is 17.2. The zero-order valence-electron chi connectivity index (χ0n) is 16.4. The third kappa shape index (κ3) is 2.31. The fourth-order valence-corrected chi connectivity index (χ4v) is 4.34. The number of rotatable bonds is 1. The summed E-state index contributed by atoms with van der Waals surface area (Å²) in [6.45, 7) is 4.18. The van der Waals surface area contributed by atoms with E-state index in [0.29, 0.717) is 11.1 Å². The fraction of sp³-hybridized carbons (Fsp3) is 0.167. The molecule has 0 radical (unpaired) electrons. The Balaban J connectivity index is 1.78. The minimum Gasteiger partial charge on any atom is -0.456 e. The lowest BCUT2D eigenvalue weighted by Crippen LogP contribution is -2.36. The lowest BCUT2D eigenvalue weighted by molar-refractivity contribution is 0.668. The Hall–Kier alpha value is -3.96. The van der Waals surface area contributed by atoms with E-state index in [9.17, 15) is 10.5 Å². The van der Waals surface area contributed by atoms with Gasteiger partial charge in [-0.1, -0.05) is 18.2 Å². The van der Waals surface area contributed by atoms with Crippen molar-refractivity contribution in [1.82, 2.24) is 0 Å². The Bertz CT molecular complexity index is 1390. The molecule has 2 heterocycles. The highest BCUT2D eigenvalue weighted by atomic mass is 16.3. The summed E-state index contributed by atoms with van der Waals surface area (Å²) in [6, 6.07) is 20.2. The Morgan fingerprint density at radius 2 is 1.72 bits per heavy atom. The monoisotopic (exact) mass is 378 g/mol. The standard InChI is InChI=1S/C24H18N4O/c1-14-8-19-18-6-4-5-7-22(18)29-23(19)11-20(14)28-15(2)27(3)24-17(13-26)9-16(12-25)10-21(24)28/h4-11,15H,1-3H3/t15-/m0/s1. The second-order valence-electron chi connectivity index (χ2n) is 7.46. The molecule has 0 amide bonds. The van der Waals surface area contributed by atoms with Gasteiger partial charge in [0.25, 0.3) is 0 Å². The number of nitriles is 2. The van der Waals surface area contributed by atoms with Gasteiger partial charge in [0.1, 0.15) is 23.4 Å². The molecule has 4 aromatic rings. The maximum absolute atomic E-state index is 9.64. The molecule has 1 atom stereocenters. The van der Waals surface area contributed by atoms with E-state index < -0.39 is 0 Å². The summed E-state index contributed by atoms with van der Waals surface area (Å²) in [5.41, 5.74) is 6.52. The van der Waals surface area contributed by atoms with Crippen LogP contribution in [0.25, 0.3) is 21.9 Å². The summed E-state index contributed by atoms with van der Waals surface area (Å²) < 4.78 is 6.10. The van der Waals surface area contributed by atoms with E-state index in [-0.39, 0.29) is 6.17 Å². The molecule has 3 aromatic carbocycles. The lowest BCUT2D eigenvalue weighted by atomic mass is 10.0. The molecule has 5 rings (SSSR count). The van der Waals surface area contributed by atoms with Crippen LogP contribution in [0.2, 0.25) is 0 Å². The molecule has 0 N–H and O–H groups in total. The van der Waals surface area contributed by atoms with Crippen molar-refractivity contribution in [2.24, 2.45) is 0 Å². The van der Waals surface area contributed by atoms with Crippen LogP contribution in [-0.2, 0) is 0 Å². The van der Waals surface area contributed by atoms with Crippen LogP contribution in [0, 0.1) is 29.6 Å². The predicted molar refractivity (Wildman–Crippen MR) is 114 cm³/mol. The largest absolute Gasteiger partial charge is 0.456 e. The summed E-state index contributed by atoms with van der Waals surface area (Å²) in [5.74, 6) is 0. The smallest absolute Gasteiger partial charge is 0.137 e. The van der Waals surface area contributed by atoms with Gasteiger partial charge >= 0.3 is 0 Å². The predicted octanol–water partition coefficient (Wildman–Crippen LogP) is 5.57. The van der Waals surface area contributed by atoms with Gasteiger partial charge in [-0.25, -0.2) is 0 Å². The van der Waals surface area contributed by atoms with Gasteiger partial charge in [-0.2, -0.15) is 10.5 Å². The third-order valence-corrected chi connectivity index (χ3v) is 5.84. The Morgan fingerprint density at radius 3 is 2.48 bits per heavy atom. The van der Waals surface area contributed by atoms with Crippen molar-refractivity contribution in [2.75, 3.05) is 16.8 Å². The highest BCUT2D eigenvalue weighted by Gasteiger charge is 2.35. The fourth-order valence-electron chi connectivity index (χ4n) is 4.34. The summed E-state index contributed by atoms with van der Waals surface area (Å²) in [6.07, 6.45) is -0.00780. The molecular formula is C24H18N4O. The van der Waals surface area contributed by atoms with Crippen molar-refractivity contribution >= 4 is 39.0 Å². The molecule has 0 aliphatic carbocycles. The average Bonchev–Trinajstić information content (AvgIpc) is 3.21. The molecule has 0 saturated heterocycles. The molecule has 5 nitrogen and oxygen atoms in total. The van der Waals surface area contributed by atoms with Crippen LogP contribution in [0.5, 0.6) is 0 Å². The van der Waals surface area contributed by atoms with Crippen molar-refractivity contribution < 1.29 is 4.42 Å². The first-order valence-electron chi connectivity index (χ1n) is 9.45. The SMILES string of the molecule is Cc1cc2c(cc1N1c3cc(C#N)cc(C#N)c3N(C)[C@@H]1C)oc1ccccc12. The molecule has 0 spiro atoms. The highest BCUT2D eigenvalue weighted by molar-refractivity contribution is 6.06. The van der Waals surface area contributed by atoms with Crippen molar-refractivity contribution in [1.29, 1.82) is 10.5 Å². The van der Waals surface area contributed by atoms with Crippen molar-refractivity contribution in [2.45, 2.75) is 20.0 Å². The molecule has 0 fully saturated rings. The van der Waals surface area contributed by atoms with E-state index in [1.807, 2.05) is 31.3 Å². The summed E-state index contributed by atoms with van der Waals surface area (Å²) in [5, 5.41) is 21.3. The minimum absolute atomic E-state index is 0.00780. The van der Waals surface area contributed by atoms with Gasteiger partial charge in [0, 0.05) is 29.6 Å². The van der Waals surface area contributed by atoms with E-state index in [1.165, 1.54) is 0 Å². The van der Waals surface area contributed by atoms with Gasteiger partial charge in [0.05, 0.1) is 28.6 Å². The van der Waals surface area contributed by atoms with Crippen molar-refractivity contribution in [3.05, 3.63) is 65.2 Å². The van der Waals surface area contributed by atoms with Gasteiger partial charge in [-0.3, -0.25) is 0 Å². The quantitative estimate of drug-likeness (QED) is 0.433. The van der Waals surface area contributed by atoms with Gasteiger partial charge in [0.15, 0.2) is 0 Å². The molecule has 1 aliphatic heterocycles. The summed E-state index contributed by atoms with van der Waals surface area (Å²) >= 11 is 0. The first-order chi connectivity index (χ1) is 14.0. The van der Waals surface area contributed by atoms with Gasteiger partial charge in [-0.15, -0.1) is 0 Å². The number of aryl methyl sites for hydroxylation is 1. The molecule has 1 aliphatic rings. The van der Waals surface area contributed by atoms with Crippen LogP contribution < -0.4 is 9.80 Å². The van der Waals surface area contributed by atoms with Crippen LogP contribution in [0.1, 0.15) is 23.6 Å².